The average molecular weight is 431 g/mol. The maximum absolute atomic E-state index is 13.1. The highest BCUT2D eigenvalue weighted by molar-refractivity contribution is 5.56. The van der Waals surface area contributed by atoms with Crippen LogP contribution in [-0.2, 0) is 6.18 Å². The topological polar surface area (TPSA) is 73.9 Å². The summed E-state index contributed by atoms with van der Waals surface area (Å²) in [6, 6.07) is 8.56. The molecule has 0 spiro atoms. The summed E-state index contributed by atoms with van der Waals surface area (Å²) in [4.78, 5) is 25.3. The van der Waals surface area contributed by atoms with Gasteiger partial charge in [-0.15, -0.1) is 0 Å². The Hall–Kier alpha value is -3.20. The maximum atomic E-state index is 13.1. The third-order valence-corrected chi connectivity index (χ3v) is 5.13. The number of anilines is 1. The van der Waals surface area contributed by atoms with Crippen molar-refractivity contribution in [1.82, 2.24) is 19.9 Å². The second-order valence-corrected chi connectivity index (χ2v) is 7.54. The minimum Gasteiger partial charge on any atom is -0.368 e. The zero-order chi connectivity index (χ0) is 22.8. The number of halogens is 3. The summed E-state index contributed by atoms with van der Waals surface area (Å²) in [5, 5.41) is 3.17. The highest BCUT2D eigenvalue weighted by Gasteiger charge is 2.31. The maximum Gasteiger partial charge on any atom is 0.416 e. The second kappa shape index (κ2) is 8.89. The molecule has 0 saturated carbocycles. The number of nitrogens with zero attached hydrogens (tertiary/aromatic N) is 3. The molecule has 0 amide bonds. The molecule has 3 aromatic rings. The van der Waals surface area contributed by atoms with Gasteiger partial charge in [-0.2, -0.15) is 13.2 Å². The Labute approximate surface area is 178 Å². The van der Waals surface area contributed by atoms with Crippen molar-refractivity contribution in [3.8, 4) is 11.4 Å². The monoisotopic (exact) mass is 431 g/mol. The van der Waals surface area contributed by atoms with E-state index < -0.39 is 11.7 Å². The van der Waals surface area contributed by atoms with Crippen LogP contribution in [0.1, 0.15) is 28.4 Å². The average Bonchev–Trinajstić information content (AvgIpc) is 2.71. The smallest absolute Gasteiger partial charge is 0.368 e. The number of likely N-dealkylation sites (N-methyl/N-ethyl adjacent to an activating group) is 1. The van der Waals surface area contributed by atoms with Gasteiger partial charge in [0.2, 0.25) is 0 Å². The number of pyridine rings is 1. The molecule has 0 aliphatic heterocycles. The predicted molar refractivity (Wildman–Crippen MR) is 114 cm³/mol. The molecule has 31 heavy (non-hydrogen) atoms. The Morgan fingerprint density at radius 1 is 1.16 bits per heavy atom. The quantitative estimate of drug-likeness (QED) is 0.613. The van der Waals surface area contributed by atoms with Gasteiger partial charge < -0.3 is 15.2 Å². The molecule has 0 saturated heterocycles. The summed E-state index contributed by atoms with van der Waals surface area (Å²) in [6.45, 7) is 3.84. The van der Waals surface area contributed by atoms with Crippen LogP contribution in [0, 0.1) is 13.8 Å². The van der Waals surface area contributed by atoms with E-state index in [1.165, 1.54) is 12.1 Å². The molecule has 0 radical (unpaired) electrons. The molecular formula is C22H24F3N5O. The van der Waals surface area contributed by atoms with E-state index in [0.717, 1.165) is 6.07 Å². The van der Waals surface area contributed by atoms with Gasteiger partial charge in [0.15, 0.2) is 0 Å². The number of nitrogens with one attached hydrogen (secondary N) is 2. The van der Waals surface area contributed by atoms with Crippen LogP contribution in [0.15, 0.2) is 47.4 Å². The number of benzene rings is 1. The first kappa shape index (κ1) is 22.5. The van der Waals surface area contributed by atoms with Gasteiger partial charge in [-0.05, 0) is 57.8 Å². The van der Waals surface area contributed by atoms with E-state index in [2.05, 4.69) is 20.3 Å². The lowest BCUT2D eigenvalue weighted by atomic mass is 10.0. The second-order valence-electron chi connectivity index (χ2n) is 7.54. The molecule has 0 fully saturated rings. The molecule has 9 heteroatoms. The minimum atomic E-state index is -4.39. The summed E-state index contributed by atoms with van der Waals surface area (Å²) in [5.74, 6) is 0.996. The summed E-state index contributed by atoms with van der Waals surface area (Å²) in [7, 11) is 3.62. The van der Waals surface area contributed by atoms with Crippen molar-refractivity contribution < 1.29 is 13.2 Å². The van der Waals surface area contributed by atoms with E-state index in [-0.39, 0.29) is 11.6 Å². The number of aryl methyl sites for hydroxylation is 1. The van der Waals surface area contributed by atoms with Gasteiger partial charge in [-0.25, -0.2) is 9.97 Å². The lowest BCUT2D eigenvalue weighted by Gasteiger charge is -2.26. The normalized spacial score (nSPS) is 12.8. The highest BCUT2D eigenvalue weighted by atomic mass is 19.4. The molecule has 2 aromatic heterocycles. The Morgan fingerprint density at radius 3 is 2.48 bits per heavy atom. The Bertz CT molecular complexity index is 1110. The van der Waals surface area contributed by atoms with E-state index in [0.29, 0.717) is 40.6 Å². The van der Waals surface area contributed by atoms with Gasteiger partial charge >= 0.3 is 6.18 Å². The summed E-state index contributed by atoms with van der Waals surface area (Å²) in [5.41, 5.74) is 1.57. The number of hydrogen-bond acceptors (Lipinski definition) is 5. The SMILES string of the molecule is Cc1nc(-c2ccc(NCC(c3cccc(C(F)(F)F)c3)N(C)C)nc2)[nH]c(=O)c1C. The molecule has 1 aromatic carbocycles. The van der Waals surface area contributed by atoms with Crippen LogP contribution < -0.4 is 10.9 Å². The Kier molecular flexibility index (Phi) is 6.45. The molecule has 3 rings (SSSR count). The van der Waals surface area contributed by atoms with Gasteiger partial charge in [0.1, 0.15) is 11.6 Å². The van der Waals surface area contributed by atoms with Gasteiger partial charge in [-0.1, -0.05) is 12.1 Å². The molecule has 2 N–H and O–H groups in total. The van der Waals surface area contributed by atoms with Crippen LogP contribution in [-0.4, -0.2) is 40.5 Å². The fourth-order valence-corrected chi connectivity index (χ4v) is 3.14. The molecular weight excluding hydrogens is 407 g/mol. The van der Waals surface area contributed by atoms with E-state index in [9.17, 15) is 18.0 Å². The first-order valence-corrected chi connectivity index (χ1v) is 9.67. The first-order valence-electron chi connectivity index (χ1n) is 9.67. The van der Waals surface area contributed by atoms with Crippen molar-refractivity contribution in [1.29, 1.82) is 0 Å². The largest absolute Gasteiger partial charge is 0.416 e. The van der Waals surface area contributed by atoms with Crippen LogP contribution in [0.3, 0.4) is 0 Å². The molecule has 0 aliphatic carbocycles. The molecule has 1 atom stereocenters. The number of H-pyrrole nitrogens is 1. The van der Waals surface area contributed by atoms with E-state index in [4.69, 9.17) is 0 Å². The van der Waals surface area contributed by atoms with Gasteiger partial charge in [-0.3, -0.25) is 4.79 Å². The van der Waals surface area contributed by atoms with Crippen LogP contribution >= 0.6 is 0 Å². The predicted octanol–water partition coefficient (Wildman–Crippen LogP) is 4.18. The third-order valence-electron chi connectivity index (χ3n) is 5.13. The van der Waals surface area contributed by atoms with Crippen molar-refractivity contribution in [2.45, 2.75) is 26.1 Å². The van der Waals surface area contributed by atoms with Crippen molar-refractivity contribution >= 4 is 5.82 Å². The summed E-state index contributed by atoms with van der Waals surface area (Å²) < 4.78 is 39.2. The fourth-order valence-electron chi connectivity index (χ4n) is 3.14. The molecule has 1 unspecified atom stereocenters. The summed E-state index contributed by atoms with van der Waals surface area (Å²) >= 11 is 0. The highest BCUT2D eigenvalue weighted by Crippen LogP contribution is 2.31. The number of alkyl halides is 3. The third kappa shape index (κ3) is 5.29. The van der Waals surface area contributed by atoms with Gasteiger partial charge in [0.25, 0.3) is 5.56 Å². The van der Waals surface area contributed by atoms with Crippen LogP contribution in [0.25, 0.3) is 11.4 Å². The zero-order valence-corrected chi connectivity index (χ0v) is 17.7. The first-order chi connectivity index (χ1) is 14.6. The zero-order valence-electron chi connectivity index (χ0n) is 17.7. The molecule has 164 valence electrons. The lowest BCUT2D eigenvalue weighted by Crippen LogP contribution is -2.27. The number of rotatable bonds is 6. The number of aromatic amines is 1. The lowest BCUT2D eigenvalue weighted by molar-refractivity contribution is -0.137. The molecule has 0 aliphatic rings. The minimum absolute atomic E-state index is 0.195. The van der Waals surface area contributed by atoms with E-state index in [1.54, 1.807) is 38.2 Å². The van der Waals surface area contributed by atoms with Gasteiger partial charge in [0.05, 0.1) is 11.6 Å². The molecule has 2 heterocycles. The fraction of sp³-hybridized carbons (Fsp3) is 0.318. The van der Waals surface area contributed by atoms with Gasteiger partial charge in [0, 0.05) is 29.6 Å². The van der Waals surface area contributed by atoms with Crippen LogP contribution in [0.2, 0.25) is 0 Å². The molecule has 0 bridgehead atoms. The van der Waals surface area contributed by atoms with Crippen molar-refractivity contribution in [3.63, 3.8) is 0 Å². The standard InChI is InChI=1S/C22H24F3N5O/c1-13-14(2)28-20(29-21(13)31)16-8-9-19(26-11-16)27-12-18(30(3)4)15-6-5-7-17(10-15)22(23,24)25/h5-11,18H,12H2,1-4H3,(H,26,27)(H,28,29,31). The Balaban J connectivity index is 1.76. The Morgan fingerprint density at radius 2 is 1.90 bits per heavy atom. The number of hydrogen-bond donors (Lipinski definition) is 2. The number of aromatic nitrogens is 3. The van der Waals surface area contributed by atoms with Crippen molar-refractivity contribution in [2.24, 2.45) is 0 Å². The summed E-state index contributed by atoms with van der Waals surface area (Å²) in [6.07, 6.45) is -2.80. The van der Waals surface area contributed by atoms with E-state index >= 15 is 0 Å². The van der Waals surface area contributed by atoms with Crippen LogP contribution in [0.5, 0.6) is 0 Å². The van der Waals surface area contributed by atoms with E-state index in [1.807, 2.05) is 19.0 Å². The van der Waals surface area contributed by atoms with Crippen molar-refractivity contribution in [2.75, 3.05) is 26.0 Å². The van der Waals surface area contributed by atoms with Crippen molar-refractivity contribution in [3.05, 3.63) is 75.3 Å². The molecule has 6 nitrogen and oxygen atoms in total. The van der Waals surface area contributed by atoms with Crippen LogP contribution in [0.4, 0.5) is 19.0 Å².